The van der Waals surface area contributed by atoms with Crippen molar-refractivity contribution in [2.45, 2.75) is 13.5 Å². The molecule has 0 saturated carbocycles. The zero-order valence-corrected chi connectivity index (χ0v) is 13.0. The van der Waals surface area contributed by atoms with E-state index in [2.05, 4.69) is 5.16 Å². The SMILES string of the molecule is COc1ccc(/C(C)=N/OCc2ccc([N+](=O)[O-])c(F)c2)cc1O. The van der Waals surface area contributed by atoms with Gasteiger partial charge in [-0.05, 0) is 42.8 Å². The van der Waals surface area contributed by atoms with Crippen LogP contribution in [0.2, 0.25) is 0 Å². The maximum Gasteiger partial charge on any atom is 0.304 e. The fourth-order valence-corrected chi connectivity index (χ4v) is 1.96. The molecular weight excluding hydrogens is 319 g/mol. The topological polar surface area (TPSA) is 94.2 Å². The lowest BCUT2D eigenvalue weighted by Gasteiger charge is -2.06. The molecule has 0 amide bonds. The van der Waals surface area contributed by atoms with Gasteiger partial charge in [0.2, 0.25) is 5.82 Å². The van der Waals surface area contributed by atoms with E-state index in [1.54, 1.807) is 19.1 Å². The summed E-state index contributed by atoms with van der Waals surface area (Å²) in [7, 11) is 1.45. The lowest BCUT2D eigenvalue weighted by Crippen LogP contribution is -1.98. The Kier molecular flexibility index (Phi) is 5.31. The summed E-state index contributed by atoms with van der Waals surface area (Å²) in [5.74, 6) is -0.613. The van der Waals surface area contributed by atoms with Gasteiger partial charge in [-0.25, -0.2) is 0 Å². The summed E-state index contributed by atoms with van der Waals surface area (Å²) < 4.78 is 18.4. The Labute approximate surface area is 137 Å². The Hall–Kier alpha value is -3.16. The van der Waals surface area contributed by atoms with Gasteiger partial charge in [-0.1, -0.05) is 5.16 Å². The van der Waals surface area contributed by atoms with E-state index in [-0.39, 0.29) is 12.4 Å². The van der Waals surface area contributed by atoms with Gasteiger partial charge in [-0.2, -0.15) is 4.39 Å². The van der Waals surface area contributed by atoms with Crippen LogP contribution in [0.25, 0.3) is 0 Å². The molecule has 0 bridgehead atoms. The van der Waals surface area contributed by atoms with Crippen molar-refractivity contribution in [1.29, 1.82) is 0 Å². The first-order valence-corrected chi connectivity index (χ1v) is 6.89. The second-order valence-electron chi connectivity index (χ2n) is 4.88. The highest BCUT2D eigenvalue weighted by atomic mass is 19.1. The molecule has 0 unspecified atom stereocenters. The smallest absolute Gasteiger partial charge is 0.304 e. The van der Waals surface area contributed by atoms with E-state index in [1.165, 1.54) is 19.2 Å². The number of methoxy groups -OCH3 is 1. The summed E-state index contributed by atoms with van der Waals surface area (Å²) in [6.07, 6.45) is 0. The van der Waals surface area contributed by atoms with E-state index >= 15 is 0 Å². The summed E-state index contributed by atoms with van der Waals surface area (Å²) in [4.78, 5) is 14.9. The van der Waals surface area contributed by atoms with E-state index in [0.29, 0.717) is 22.6 Å². The second-order valence-corrected chi connectivity index (χ2v) is 4.88. The maximum absolute atomic E-state index is 13.5. The first kappa shape index (κ1) is 17.2. The summed E-state index contributed by atoms with van der Waals surface area (Å²) >= 11 is 0. The number of benzene rings is 2. The zero-order valence-electron chi connectivity index (χ0n) is 13.0. The number of nitrogens with zero attached hydrogens (tertiary/aromatic N) is 2. The van der Waals surface area contributed by atoms with Crippen molar-refractivity contribution in [3.63, 3.8) is 0 Å². The standard InChI is InChI=1S/C16H15FN2O5/c1-10(12-4-6-16(23-2)15(20)8-12)18-24-9-11-3-5-14(19(21)22)13(17)7-11/h3-8,20H,9H2,1-2H3/b18-10+. The average Bonchev–Trinajstić information content (AvgIpc) is 2.54. The minimum Gasteiger partial charge on any atom is -0.504 e. The van der Waals surface area contributed by atoms with Crippen molar-refractivity contribution >= 4 is 11.4 Å². The molecule has 126 valence electrons. The van der Waals surface area contributed by atoms with Crippen LogP contribution in [0, 0.1) is 15.9 Å². The third-order valence-electron chi connectivity index (χ3n) is 3.24. The van der Waals surface area contributed by atoms with Gasteiger partial charge in [0.25, 0.3) is 0 Å². The maximum atomic E-state index is 13.5. The van der Waals surface area contributed by atoms with E-state index in [1.807, 2.05) is 0 Å². The molecule has 0 saturated heterocycles. The molecule has 8 heteroatoms. The summed E-state index contributed by atoms with van der Waals surface area (Å²) in [6.45, 7) is 1.63. The zero-order chi connectivity index (χ0) is 17.7. The Morgan fingerprint density at radius 2 is 2.08 bits per heavy atom. The number of aromatic hydroxyl groups is 1. The van der Waals surface area contributed by atoms with Crippen LogP contribution < -0.4 is 4.74 Å². The Morgan fingerprint density at radius 3 is 2.67 bits per heavy atom. The van der Waals surface area contributed by atoms with Gasteiger partial charge in [0.15, 0.2) is 11.5 Å². The Bertz CT molecular complexity index is 792. The van der Waals surface area contributed by atoms with E-state index in [9.17, 15) is 19.6 Å². The molecule has 0 heterocycles. The third kappa shape index (κ3) is 3.97. The van der Waals surface area contributed by atoms with Crippen LogP contribution in [0.15, 0.2) is 41.6 Å². The lowest BCUT2D eigenvalue weighted by molar-refractivity contribution is -0.387. The first-order chi connectivity index (χ1) is 11.4. The highest BCUT2D eigenvalue weighted by Gasteiger charge is 2.13. The molecule has 0 aliphatic rings. The first-order valence-electron chi connectivity index (χ1n) is 6.89. The van der Waals surface area contributed by atoms with Gasteiger partial charge in [0.05, 0.1) is 17.7 Å². The van der Waals surface area contributed by atoms with Crippen molar-refractivity contribution < 1.29 is 24.0 Å². The Balaban J connectivity index is 2.04. The van der Waals surface area contributed by atoms with Crippen LogP contribution >= 0.6 is 0 Å². The van der Waals surface area contributed by atoms with Crippen LogP contribution in [0.3, 0.4) is 0 Å². The van der Waals surface area contributed by atoms with Gasteiger partial charge in [0, 0.05) is 11.6 Å². The number of hydrogen-bond donors (Lipinski definition) is 1. The highest BCUT2D eigenvalue weighted by Crippen LogP contribution is 2.26. The molecule has 2 aromatic carbocycles. The molecule has 0 aliphatic carbocycles. The monoisotopic (exact) mass is 334 g/mol. The number of phenolic OH excluding ortho intramolecular Hbond substituents is 1. The number of halogens is 1. The molecule has 0 spiro atoms. The number of nitro benzene ring substituents is 1. The van der Waals surface area contributed by atoms with Crippen LogP contribution in [0.5, 0.6) is 11.5 Å². The Morgan fingerprint density at radius 1 is 1.33 bits per heavy atom. The summed E-state index contributed by atoms with van der Waals surface area (Å²) in [5.41, 5.74) is 0.942. The molecule has 2 rings (SSSR count). The average molecular weight is 334 g/mol. The number of hydrogen-bond acceptors (Lipinski definition) is 6. The molecule has 24 heavy (non-hydrogen) atoms. The predicted octanol–water partition coefficient (Wildman–Crippen LogP) is 3.39. The van der Waals surface area contributed by atoms with Crippen molar-refractivity contribution in [2.75, 3.05) is 7.11 Å². The molecule has 0 radical (unpaired) electrons. The molecule has 0 aliphatic heterocycles. The number of ether oxygens (including phenoxy) is 1. The summed E-state index contributed by atoms with van der Waals surface area (Å²) in [5, 5.41) is 24.2. The fraction of sp³-hybridized carbons (Fsp3) is 0.188. The third-order valence-corrected chi connectivity index (χ3v) is 3.24. The van der Waals surface area contributed by atoms with E-state index < -0.39 is 16.4 Å². The lowest BCUT2D eigenvalue weighted by atomic mass is 10.1. The fourth-order valence-electron chi connectivity index (χ4n) is 1.96. The largest absolute Gasteiger partial charge is 0.504 e. The predicted molar refractivity (Wildman–Crippen MR) is 84.7 cm³/mol. The quantitative estimate of drug-likeness (QED) is 0.496. The number of oxime groups is 1. The van der Waals surface area contributed by atoms with Crippen LogP contribution in [-0.4, -0.2) is 22.9 Å². The molecular formula is C16H15FN2O5. The second kappa shape index (κ2) is 7.40. The molecule has 1 N–H and O–H groups in total. The van der Waals surface area contributed by atoms with Crippen molar-refractivity contribution in [1.82, 2.24) is 0 Å². The van der Waals surface area contributed by atoms with Crippen LogP contribution in [0.4, 0.5) is 10.1 Å². The van der Waals surface area contributed by atoms with Gasteiger partial charge in [-0.3, -0.25) is 10.1 Å². The highest BCUT2D eigenvalue weighted by molar-refractivity contribution is 5.98. The van der Waals surface area contributed by atoms with E-state index in [0.717, 1.165) is 12.1 Å². The molecule has 7 nitrogen and oxygen atoms in total. The van der Waals surface area contributed by atoms with Crippen molar-refractivity contribution in [2.24, 2.45) is 5.16 Å². The van der Waals surface area contributed by atoms with Crippen LogP contribution in [-0.2, 0) is 11.4 Å². The van der Waals surface area contributed by atoms with E-state index in [4.69, 9.17) is 9.57 Å². The van der Waals surface area contributed by atoms with Crippen molar-refractivity contribution in [3.05, 3.63) is 63.5 Å². The van der Waals surface area contributed by atoms with Gasteiger partial charge in [-0.15, -0.1) is 0 Å². The number of rotatable bonds is 6. The van der Waals surface area contributed by atoms with Gasteiger partial charge in [0.1, 0.15) is 6.61 Å². The van der Waals surface area contributed by atoms with Crippen LogP contribution in [0.1, 0.15) is 18.1 Å². The number of nitro groups is 1. The van der Waals surface area contributed by atoms with Gasteiger partial charge < -0.3 is 14.7 Å². The van der Waals surface area contributed by atoms with Gasteiger partial charge >= 0.3 is 5.69 Å². The molecule has 0 fully saturated rings. The minimum absolute atomic E-state index is 0.0259. The normalized spacial score (nSPS) is 11.2. The molecule has 0 atom stereocenters. The molecule has 2 aromatic rings. The molecule has 0 aromatic heterocycles. The number of phenols is 1. The minimum atomic E-state index is -0.929. The van der Waals surface area contributed by atoms with Crippen molar-refractivity contribution in [3.8, 4) is 11.5 Å². The summed E-state index contributed by atoms with van der Waals surface area (Å²) in [6, 6.07) is 8.27.